The van der Waals surface area contributed by atoms with Gasteiger partial charge in [0.15, 0.2) is 0 Å². The quantitative estimate of drug-likeness (QED) is 0.559. The fourth-order valence-corrected chi connectivity index (χ4v) is 4.06. The average molecular weight is 464 g/mol. The number of hydrogen-bond donors (Lipinski definition) is 2. The van der Waals surface area contributed by atoms with E-state index in [1.54, 1.807) is 0 Å². The summed E-state index contributed by atoms with van der Waals surface area (Å²) in [4.78, 5) is 34.3. The zero-order valence-corrected chi connectivity index (χ0v) is 19.6. The van der Waals surface area contributed by atoms with E-state index in [-0.39, 0.29) is 28.3 Å². The molecule has 1 atom stereocenters. The molecule has 2 aromatic heterocycles. The van der Waals surface area contributed by atoms with Gasteiger partial charge >= 0.3 is 0 Å². The highest BCUT2D eigenvalue weighted by molar-refractivity contribution is 6.28. The maximum Gasteiger partial charge on any atom is 0.270 e. The summed E-state index contributed by atoms with van der Waals surface area (Å²) < 4.78 is 0. The largest absolute Gasteiger partial charge is 0.383 e. The van der Waals surface area contributed by atoms with Gasteiger partial charge in [-0.2, -0.15) is 0 Å². The Labute approximate surface area is 197 Å². The van der Waals surface area contributed by atoms with Crippen LogP contribution in [0.1, 0.15) is 53.1 Å². The third-order valence-electron chi connectivity index (χ3n) is 5.92. The standard InChI is InChI=1S/C24H26ClN7O/c1-14-4-6-15(7-5-14)20-19-16(29-13-30-21(19)26)8-9-18(32-20)24(2,3)12-28-22(33)17-10-11-27-23(25)31-17/h4-7,10-11,13,18H,8-9,12H2,1-3H3,(H,28,33)(H2,26,29,30). The molecule has 3 aromatic rings. The van der Waals surface area contributed by atoms with Crippen molar-refractivity contribution in [1.82, 2.24) is 25.3 Å². The van der Waals surface area contributed by atoms with Gasteiger partial charge in [-0.25, -0.2) is 19.9 Å². The molecule has 8 nitrogen and oxygen atoms in total. The molecule has 170 valence electrons. The second-order valence-corrected chi connectivity index (χ2v) is 9.20. The summed E-state index contributed by atoms with van der Waals surface area (Å²) in [6.45, 7) is 6.63. The molecule has 3 N–H and O–H groups in total. The molecule has 1 aromatic carbocycles. The lowest BCUT2D eigenvalue weighted by atomic mass is 9.82. The highest BCUT2D eigenvalue weighted by Crippen LogP contribution is 2.32. The third kappa shape index (κ3) is 5.01. The number of halogens is 1. The van der Waals surface area contributed by atoms with Crippen molar-refractivity contribution in [2.45, 2.75) is 39.7 Å². The lowest BCUT2D eigenvalue weighted by molar-refractivity contribution is 0.0925. The number of benzene rings is 1. The number of carbonyl (C=O) groups is 1. The van der Waals surface area contributed by atoms with E-state index in [1.165, 1.54) is 18.6 Å². The van der Waals surface area contributed by atoms with E-state index in [0.717, 1.165) is 34.5 Å². The van der Waals surface area contributed by atoms with Gasteiger partial charge in [0, 0.05) is 23.7 Å². The summed E-state index contributed by atoms with van der Waals surface area (Å²) >= 11 is 5.82. The van der Waals surface area contributed by atoms with E-state index >= 15 is 0 Å². The highest BCUT2D eigenvalue weighted by Gasteiger charge is 2.33. The van der Waals surface area contributed by atoms with Crippen LogP contribution in [0.2, 0.25) is 5.28 Å². The minimum absolute atomic E-state index is 0.0366. The molecule has 0 radical (unpaired) electrons. The molecular formula is C24H26ClN7O. The minimum Gasteiger partial charge on any atom is -0.383 e. The lowest BCUT2D eigenvalue weighted by Gasteiger charge is -2.32. The Hall–Kier alpha value is -3.39. The number of aryl methyl sites for hydroxylation is 2. The molecule has 0 fully saturated rings. The Morgan fingerprint density at radius 1 is 1.18 bits per heavy atom. The maximum absolute atomic E-state index is 12.6. The molecule has 1 amide bonds. The van der Waals surface area contributed by atoms with Crippen molar-refractivity contribution < 1.29 is 4.79 Å². The van der Waals surface area contributed by atoms with E-state index in [0.29, 0.717) is 18.8 Å². The van der Waals surface area contributed by atoms with Gasteiger partial charge in [0.1, 0.15) is 17.8 Å². The van der Waals surface area contributed by atoms with Crippen LogP contribution in [-0.2, 0) is 6.42 Å². The van der Waals surface area contributed by atoms with Crippen LogP contribution in [0, 0.1) is 12.3 Å². The van der Waals surface area contributed by atoms with Crippen LogP contribution >= 0.6 is 11.6 Å². The van der Waals surface area contributed by atoms with Crippen molar-refractivity contribution in [2.24, 2.45) is 10.4 Å². The van der Waals surface area contributed by atoms with Gasteiger partial charge in [-0.3, -0.25) is 9.79 Å². The molecule has 0 aliphatic carbocycles. The number of nitrogens with one attached hydrogen (secondary N) is 1. The Morgan fingerprint density at radius 3 is 2.67 bits per heavy atom. The van der Waals surface area contributed by atoms with Crippen molar-refractivity contribution in [2.75, 3.05) is 12.3 Å². The van der Waals surface area contributed by atoms with Crippen LogP contribution in [0.3, 0.4) is 0 Å². The van der Waals surface area contributed by atoms with Gasteiger partial charge in [-0.05, 0) is 37.4 Å². The number of nitrogen functional groups attached to an aromatic ring is 1. The zero-order valence-electron chi connectivity index (χ0n) is 18.8. The molecule has 0 saturated heterocycles. The second-order valence-electron chi connectivity index (χ2n) is 8.86. The number of rotatable bonds is 5. The van der Waals surface area contributed by atoms with E-state index in [2.05, 4.69) is 51.2 Å². The first kappa shape index (κ1) is 22.8. The summed E-state index contributed by atoms with van der Waals surface area (Å²) in [6.07, 6.45) is 4.44. The molecule has 9 heteroatoms. The number of amides is 1. The summed E-state index contributed by atoms with van der Waals surface area (Å²) in [5.74, 6) is 0.119. The molecule has 4 rings (SSSR count). The Balaban J connectivity index is 1.64. The number of carbonyl (C=O) groups excluding carboxylic acids is 1. The van der Waals surface area contributed by atoms with Crippen LogP contribution in [-0.4, -0.2) is 44.1 Å². The number of nitrogens with two attached hydrogens (primary N) is 1. The summed E-state index contributed by atoms with van der Waals surface area (Å²) in [5.41, 5.74) is 10.7. The molecule has 0 bridgehead atoms. The van der Waals surface area contributed by atoms with Crippen molar-refractivity contribution in [3.63, 3.8) is 0 Å². The molecule has 33 heavy (non-hydrogen) atoms. The van der Waals surface area contributed by atoms with Gasteiger partial charge in [0.2, 0.25) is 5.28 Å². The predicted octanol–water partition coefficient (Wildman–Crippen LogP) is 3.42. The summed E-state index contributed by atoms with van der Waals surface area (Å²) in [7, 11) is 0. The topological polar surface area (TPSA) is 119 Å². The SMILES string of the molecule is Cc1ccc(C2=NC(C(C)(C)CNC(=O)c3ccnc(Cl)n3)CCc3ncnc(N)c32)cc1. The fourth-order valence-electron chi connectivity index (χ4n) is 3.92. The van der Waals surface area contributed by atoms with Gasteiger partial charge < -0.3 is 11.1 Å². The molecule has 1 aliphatic heterocycles. The number of aromatic nitrogens is 4. The Morgan fingerprint density at radius 2 is 1.94 bits per heavy atom. The second kappa shape index (κ2) is 9.23. The molecule has 1 unspecified atom stereocenters. The predicted molar refractivity (Wildman–Crippen MR) is 129 cm³/mol. The third-order valence-corrected chi connectivity index (χ3v) is 6.10. The monoisotopic (exact) mass is 463 g/mol. The molecule has 1 aliphatic rings. The number of nitrogens with zero attached hydrogens (tertiary/aromatic N) is 5. The molecule has 0 saturated carbocycles. The molecule has 0 spiro atoms. The van der Waals surface area contributed by atoms with Crippen molar-refractivity contribution in [1.29, 1.82) is 0 Å². The first-order chi connectivity index (χ1) is 15.7. The summed E-state index contributed by atoms with van der Waals surface area (Å²) in [6, 6.07) is 9.63. The van der Waals surface area contributed by atoms with Crippen molar-refractivity contribution >= 4 is 29.0 Å². The maximum atomic E-state index is 12.6. The Bertz CT molecular complexity index is 1210. The van der Waals surface area contributed by atoms with Crippen molar-refractivity contribution in [3.05, 3.63) is 76.2 Å². The fraction of sp³-hybridized carbons (Fsp3) is 0.333. The summed E-state index contributed by atoms with van der Waals surface area (Å²) in [5, 5.41) is 3.01. The van der Waals surface area contributed by atoms with E-state index in [4.69, 9.17) is 22.3 Å². The first-order valence-corrected chi connectivity index (χ1v) is 11.1. The van der Waals surface area contributed by atoms with Crippen LogP contribution in [0.4, 0.5) is 5.82 Å². The van der Waals surface area contributed by atoms with Crippen LogP contribution in [0.25, 0.3) is 0 Å². The van der Waals surface area contributed by atoms with Gasteiger partial charge in [0.05, 0.1) is 23.0 Å². The smallest absolute Gasteiger partial charge is 0.270 e. The lowest BCUT2D eigenvalue weighted by Crippen LogP contribution is -2.41. The highest BCUT2D eigenvalue weighted by atomic mass is 35.5. The van der Waals surface area contributed by atoms with Crippen molar-refractivity contribution in [3.8, 4) is 0 Å². The van der Waals surface area contributed by atoms with Gasteiger partial charge in [0.25, 0.3) is 5.91 Å². The number of fused-ring (bicyclic) bond motifs is 1. The zero-order chi connectivity index (χ0) is 23.6. The van der Waals surface area contributed by atoms with Crippen LogP contribution in [0.5, 0.6) is 0 Å². The molecule has 3 heterocycles. The minimum atomic E-state index is -0.354. The van der Waals surface area contributed by atoms with E-state index in [9.17, 15) is 4.79 Å². The number of hydrogen-bond acceptors (Lipinski definition) is 7. The van der Waals surface area contributed by atoms with E-state index < -0.39 is 0 Å². The average Bonchev–Trinajstić information content (AvgIpc) is 2.99. The number of aliphatic imine (C=N–C) groups is 1. The Kier molecular flexibility index (Phi) is 6.37. The molecular weight excluding hydrogens is 438 g/mol. The first-order valence-electron chi connectivity index (χ1n) is 10.8. The van der Waals surface area contributed by atoms with E-state index in [1.807, 2.05) is 19.1 Å². The number of anilines is 1. The van der Waals surface area contributed by atoms with Gasteiger partial charge in [-0.15, -0.1) is 0 Å². The van der Waals surface area contributed by atoms with Gasteiger partial charge in [-0.1, -0.05) is 43.7 Å². The van der Waals surface area contributed by atoms with Crippen LogP contribution in [0.15, 0.2) is 47.8 Å². The van der Waals surface area contributed by atoms with Crippen LogP contribution < -0.4 is 11.1 Å². The normalized spacial score (nSPS) is 15.9.